The molecule has 19 heavy (non-hydrogen) atoms. The van der Waals surface area contributed by atoms with Crippen molar-refractivity contribution in [1.29, 1.82) is 0 Å². The van der Waals surface area contributed by atoms with Gasteiger partial charge in [-0.15, -0.1) is 0 Å². The van der Waals surface area contributed by atoms with Gasteiger partial charge in [-0.2, -0.15) is 0 Å². The fourth-order valence-corrected chi connectivity index (χ4v) is 2.46. The van der Waals surface area contributed by atoms with Crippen LogP contribution in [0.25, 0.3) is 5.69 Å². The van der Waals surface area contributed by atoms with Crippen molar-refractivity contribution in [3.63, 3.8) is 0 Å². The van der Waals surface area contributed by atoms with E-state index in [0.717, 1.165) is 29.3 Å². The Balaban J connectivity index is 2.01. The Labute approximate surface area is 111 Å². The van der Waals surface area contributed by atoms with Crippen LogP contribution in [0.5, 0.6) is 0 Å². The van der Waals surface area contributed by atoms with E-state index < -0.39 is 0 Å². The third-order valence-electron chi connectivity index (χ3n) is 3.38. The number of aromatic nitrogens is 2. The highest BCUT2D eigenvalue weighted by Crippen LogP contribution is 2.32. The minimum Gasteiger partial charge on any atom is -0.324 e. The van der Waals surface area contributed by atoms with Crippen LogP contribution in [0.3, 0.4) is 0 Å². The van der Waals surface area contributed by atoms with Gasteiger partial charge >= 0.3 is 0 Å². The molecule has 0 aliphatic carbocycles. The van der Waals surface area contributed by atoms with Crippen molar-refractivity contribution in [2.75, 3.05) is 11.9 Å². The lowest BCUT2D eigenvalue weighted by molar-refractivity contribution is -0.117. The molecule has 0 bridgehead atoms. The summed E-state index contributed by atoms with van der Waals surface area (Å²) in [5, 5.41) is 6.10. The first kappa shape index (κ1) is 11.9. The van der Waals surface area contributed by atoms with Crippen LogP contribution < -0.4 is 10.6 Å². The van der Waals surface area contributed by atoms with Gasteiger partial charge < -0.3 is 15.2 Å². The zero-order valence-electron chi connectivity index (χ0n) is 11.0. The molecule has 3 rings (SSSR count). The SMILES string of the molecule is CCNC1C(=O)Nc2cc(-n3ccnc3C)ccc21. The lowest BCUT2D eigenvalue weighted by Crippen LogP contribution is -2.27. The van der Waals surface area contributed by atoms with E-state index in [2.05, 4.69) is 15.6 Å². The van der Waals surface area contributed by atoms with Gasteiger partial charge in [-0.05, 0) is 25.6 Å². The number of hydrogen-bond acceptors (Lipinski definition) is 3. The largest absolute Gasteiger partial charge is 0.324 e. The predicted octanol–water partition coefficient (Wildman–Crippen LogP) is 1.78. The van der Waals surface area contributed by atoms with Gasteiger partial charge in [0, 0.05) is 29.3 Å². The van der Waals surface area contributed by atoms with E-state index >= 15 is 0 Å². The quantitative estimate of drug-likeness (QED) is 0.880. The molecule has 0 spiro atoms. The summed E-state index contributed by atoms with van der Waals surface area (Å²) in [6.07, 6.45) is 3.68. The molecule has 0 radical (unpaired) electrons. The summed E-state index contributed by atoms with van der Waals surface area (Å²) in [5.41, 5.74) is 2.89. The van der Waals surface area contributed by atoms with Crippen LogP contribution in [-0.2, 0) is 4.79 Å². The summed E-state index contributed by atoms with van der Waals surface area (Å²) in [4.78, 5) is 16.1. The van der Waals surface area contributed by atoms with Crippen LogP contribution in [-0.4, -0.2) is 22.0 Å². The van der Waals surface area contributed by atoms with E-state index in [1.807, 2.05) is 42.8 Å². The molecular formula is C14H16N4O. The van der Waals surface area contributed by atoms with Gasteiger partial charge in [0.1, 0.15) is 11.9 Å². The number of carbonyl (C=O) groups is 1. The minimum absolute atomic E-state index is 0.0105. The van der Waals surface area contributed by atoms with Crippen molar-refractivity contribution in [3.8, 4) is 5.69 Å². The highest BCUT2D eigenvalue weighted by molar-refractivity contribution is 6.02. The Morgan fingerprint density at radius 3 is 3.00 bits per heavy atom. The summed E-state index contributed by atoms with van der Waals surface area (Å²) >= 11 is 0. The molecular weight excluding hydrogens is 240 g/mol. The van der Waals surface area contributed by atoms with E-state index in [4.69, 9.17) is 0 Å². The second-order valence-electron chi connectivity index (χ2n) is 4.60. The fraction of sp³-hybridized carbons (Fsp3) is 0.286. The molecule has 2 aromatic rings. The van der Waals surface area contributed by atoms with Crippen LogP contribution in [0.4, 0.5) is 5.69 Å². The van der Waals surface area contributed by atoms with Gasteiger partial charge in [0.05, 0.1) is 0 Å². The third-order valence-corrected chi connectivity index (χ3v) is 3.38. The molecule has 1 aliphatic heterocycles. The number of benzene rings is 1. The summed E-state index contributed by atoms with van der Waals surface area (Å²) in [6, 6.07) is 5.75. The number of nitrogens with one attached hydrogen (secondary N) is 2. The van der Waals surface area contributed by atoms with E-state index in [0.29, 0.717) is 0 Å². The molecule has 1 amide bonds. The molecule has 1 aromatic carbocycles. The Kier molecular flexibility index (Phi) is 2.83. The third kappa shape index (κ3) is 1.92. The summed E-state index contributed by atoms with van der Waals surface area (Å²) in [5.74, 6) is 0.934. The molecule has 0 saturated heterocycles. The number of fused-ring (bicyclic) bond motifs is 1. The van der Waals surface area contributed by atoms with Crippen molar-refractivity contribution < 1.29 is 4.79 Å². The van der Waals surface area contributed by atoms with Crippen LogP contribution in [0, 0.1) is 6.92 Å². The number of imidazole rings is 1. The van der Waals surface area contributed by atoms with Gasteiger partial charge in [-0.3, -0.25) is 4.79 Å². The zero-order chi connectivity index (χ0) is 13.4. The van der Waals surface area contributed by atoms with Crippen molar-refractivity contribution in [2.45, 2.75) is 19.9 Å². The number of amides is 1. The van der Waals surface area contributed by atoms with E-state index in [-0.39, 0.29) is 11.9 Å². The highest BCUT2D eigenvalue weighted by atomic mass is 16.2. The molecule has 2 N–H and O–H groups in total. The standard InChI is InChI=1S/C14H16N4O/c1-3-15-13-11-5-4-10(8-12(11)17-14(13)19)18-7-6-16-9(18)2/h4-8,13,15H,3H2,1-2H3,(H,17,19). The maximum Gasteiger partial charge on any atom is 0.246 e. The van der Waals surface area contributed by atoms with Crippen molar-refractivity contribution >= 4 is 11.6 Å². The van der Waals surface area contributed by atoms with Crippen LogP contribution in [0.1, 0.15) is 24.4 Å². The van der Waals surface area contributed by atoms with Gasteiger partial charge in [0.15, 0.2) is 0 Å². The Hall–Kier alpha value is -2.14. The minimum atomic E-state index is -0.238. The lowest BCUT2D eigenvalue weighted by atomic mass is 10.1. The number of carbonyl (C=O) groups excluding carboxylic acids is 1. The first-order valence-electron chi connectivity index (χ1n) is 6.39. The molecule has 5 heteroatoms. The lowest BCUT2D eigenvalue weighted by Gasteiger charge is -2.10. The average Bonchev–Trinajstić information content (AvgIpc) is 2.94. The average molecular weight is 256 g/mol. The van der Waals surface area contributed by atoms with Gasteiger partial charge in [-0.1, -0.05) is 13.0 Å². The van der Waals surface area contributed by atoms with Crippen molar-refractivity contribution in [3.05, 3.63) is 42.0 Å². The van der Waals surface area contributed by atoms with Crippen LogP contribution >= 0.6 is 0 Å². The molecule has 1 aliphatic rings. The normalized spacial score (nSPS) is 17.4. The highest BCUT2D eigenvalue weighted by Gasteiger charge is 2.29. The van der Waals surface area contributed by atoms with Gasteiger partial charge in [0.2, 0.25) is 5.91 Å². The van der Waals surface area contributed by atoms with Crippen molar-refractivity contribution in [2.24, 2.45) is 0 Å². The first-order chi connectivity index (χ1) is 9.20. The molecule has 1 aromatic heterocycles. The maximum atomic E-state index is 11.9. The van der Waals surface area contributed by atoms with Crippen LogP contribution in [0.2, 0.25) is 0 Å². The van der Waals surface area contributed by atoms with Crippen molar-refractivity contribution in [1.82, 2.24) is 14.9 Å². The Morgan fingerprint density at radius 2 is 2.32 bits per heavy atom. The molecule has 98 valence electrons. The molecule has 0 saturated carbocycles. The number of anilines is 1. The second kappa shape index (κ2) is 4.51. The monoisotopic (exact) mass is 256 g/mol. The summed E-state index contributed by atoms with van der Waals surface area (Å²) < 4.78 is 1.99. The predicted molar refractivity (Wildman–Crippen MR) is 73.3 cm³/mol. The number of hydrogen-bond donors (Lipinski definition) is 2. The first-order valence-corrected chi connectivity index (χ1v) is 6.39. The van der Waals surface area contributed by atoms with E-state index in [9.17, 15) is 4.79 Å². The second-order valence-corrected chi connectivity index (χ2v) is 4.60. The van der Waals surface area contributed by atoms with Crippen LogP contribution in [0.15, 0.2) is 30.6 Å². The van der Waals surface area contributed by atoms with E-state index in [1.165, 1.54) is 0 Å². The maximum absolute atomic E-state index is 11.9. The molecule has 2 heterocycles. The molecule has 5 nitrogen and oxygen atoms in total. The van der Waals surface area contributed by atoms with Gasteiger partial charge in [-0.25, -0.2) is 4.98 Å². The number of rotatable bonds is 3. The number of nitrogens with zero attached hydrogens (tertiary/aromatic N) is 2. The topological polar surface area (TPSA) is 59.0 Å². The Bertz CT molecular complexity index is 632. The summed E-state index contributed by atoms with van der Waals surface area (Å²) in [6.45, 7) is 4.71. The summed E-state index contributed by atoms with van der Waals surface area (Å²) in [7, 11) is 0. The molecule has 0 fully saturated rings. The number of likely N-dealkylation sites (N-methyl/N-ethyl adjacent to an activating group) is 1. The van der Waals surface area contributed by atoms with Gasteiger partial charge in [0.25, 0.3) is 0 Å². The van der Waals surface area contributed by atoms with E-state index in [1.54, 1.807) is 6.20 Å². The number of aryl methyl sites for hydroxylation is 1. The zero-order valence-corrected chi connectivity index (χ0v) is 11.0. The Morgan fingerprint density at radius 1 is 1.47 bits per heavy atom. The molecule has 1 unspecified atom stereocenters. The molecule has 1 atom stereocenters. The fourth-order valence-electron chi connectivity index (χ4n) is 2.46. The smallest absolute Gasteiger partial charge is 0.246 e.